The fourth-order valence-corrected chi connectivity index (χ4v) is 2.70. The van der Waals surface area contributed by atoms with Gasteiger partial charge in [0.05, 0.1) is 11.8 Å². The van der Waals surface area contributed by atoms with Crippen LogP contribution in [0.2, 0.25) is 0 Å². The second-order valence-corrected chi connectivity index (χ2v) is 7.39. The Morgan fingerprint density at radius 3 is 2.63 bits per heavy atom. The Bertz CT molecular complexity index is 667. The molecule has 0 aromatic carbocycles. The summed E-state index contributed by atoms with van der Waals surface area (Å²) in [6.45, 7) is 6.89. The predicted octanol–water partition coefficient (Wildman–Crippen LogP) is 3.42. The van der Waals surface area contributed by atoms with Crippen molar-refractivity contribution in [3.63, 3.8) is 0 Å². The summed E-state index contributed by atoms with van der Waals surface area (Å²) < 4.78 is 10.7. The van der Waals surface area contributed by atoms with Crippen LogP contribution < -0.4 is 10.6 Å². The highest BCUT2D eigenvalue weighted by atomic mass is 16.6. The lowest BCUT2D eigenvalue weighted by Gasteiger charge is -2.22. The van der Waals surface area contributed by atoms with Crippen molar-refractivity contribution in [3.8, 4) is 0 Å². The molecule has 148 valence electrons. The molecule has 2 N–H and O–H groups in total. The van der Waals surface area contributed by atoms with E-state index in [4.69, 9.17) is 9.47 Å². The van der Waals surface area contributed by atoms with Crippen molar-refractivity contribution in [2.24, 2.45) is 0 Å². The summed E-state index contributed by atoms with van der Waals surface area (Å²) in [5.74, 6) is 0.875. The Morgan fingerprint density at radius 2 is 1.89 bits per heavy atom. The Hall–Kier alpha value is -2.41. The molecule has 1 aromatic heterocycles. The number of amides is 1. The van der Waals surface area contributed by atoms with Gasteiger partial charge in [-0.05, 0) is 33.6 Å². The molecule has 0 bridgehead atoms. The Kier molecular flexibility index (Phi) is 7.79. The van der Waals surface area contributed by atoms with E-state index in [1.807, 2.05) is 45.1 Å². The highest BCUT2D eigenvalue weighted by molar-refractivity contribution is 5.67. The lowest BCUT2D eigenvalue weighted by atomic mass is 9.94. The van der Waals surface area contributed by atoms with Crippen LogP contribution in [0.4, 0.5) is 10.6 Å². The third-order valence-corrected chi connectivity index (χ3v) is 3.96. The predicted molar refractivity (Wildman–Crippen MR) is 106 cm³/mol. The van der Waals surface area contributed by atoms with E-state index in [0.29, 0.717) is 6.54 Å². The maximum Gasteiger partial charge on any atom is 0.407 e. The summed E-state index contributed by atoms with van der Waals surface area (Å²) in [6.07, 6.45) is 11.0. The van der Waals surface area contributed by atoms with Gasteiger partial charge in [-0.2, -0.15) is 0 Å². The summed E-state index contributed by atoms with van der Waals surface area (Å²) in [6, 6.07) is 1.96. The van der Waals surface area contributed by atoms with Crippen LogP contribution >= 0.6 is 0 Å². The molecule has 0 fully saturated rings. The highest BCUT2D eigenvalue weighted by Gasteiger charge is 2.21. The average Bonchev–Trinajstić information content (AvgIpc) is 2.63. The SMILES string of the molecule is COC1C=CC=CC1c1cc(NCCCCNC(=O)OC(C)(C)C)ncn1. The zero-order valence-corrected chi connectivity index (χ0v) is 16.6. The van der Waals surface area contributed by atoms with Gasteiger partial charge >= 0.3 is 6.09 Å². The van der Waals surface area contributed by atoms with Crippen molar-refractivity contribution in [3.05, 3.63) is 42.4 Å². The number of allylic oxidation sites excluding steroid dienone is 2. The lowest BCUT2D eigenvalue weighted by molar-refractivity contribution is 0.0527. The maximum absolute atomic E-state index is 11.6. The number of methoxy groups -OCH3 is 1. The molecule has 0 radical (unpaired) electrons. The molecule has 0 spiro atoms. The fraction of sp³-hybridized carbons (Fsp3) is 0.550. The molecule has 0 saturated heterocycles. The average molecular weight is 374 g/mol. The first-order chi connectivity index (χ1) is 12.9. The van der Waals surface area contributed by atoms with E-state index in [-0.39, 0.29) is 18.1 Å². The molecule has 7 nitrogen and oxygen atoms in total. The number of ether oxygens (including phenoxy) is 2. The van der Waals surface area contributed by atoms with Crippen molar-refractivity contribution in [2.75, 3.05) is 25.5 Å². The van der Waals surface area contributed by atoms with Gasteiger partial charge in [-0.15, -0.1) is 0 Å². The monoisotopic (exact) mass is 374 g/mol. The van der Waals surface area contributed by atoms with Crippen LogP contribution in [-0.2, 0) is 9.47 Å². The van der Waals surface area contributed by atoms with E-state index in [2.05, 4.69) is 26.7 Å². The molecular formula is C20H30N4O3. The number of aromatic nitrogens is 2. The number of hydrogen-bond donors (Lipinski definition) is 2. The Labute approximate surface area is 161 Å². The van der Waals surface area contributed by atoms with Crippen LogP contribution in [-0.4, -0.2) is 48.0 Å². The fourth-order valence-electron chi connectivity index (χ4n) is 2.70. The highest BCUT2D eigenvalue weighted by Crippen LogP contribution is 2.26. The first kappa shape index (κ1) is 20.9. The quantitative estimate of drug-likeness (QED) is 0.678. The first-order valence-electron chi connectivity index (χ1n) is 9.29. The molecule has 1 aromatic rings. The molecule has 7 heteroatoms. The zero-order valence-electron chi connectivity index (χ0n) is 16.6. The van der Waals surface area contributed by atoms with Crippen LogP contribution in [0, 0.1) is 0 Å². The minimum atomic E-state index is -0.471. The van der Waals surface area contributed by atoms with E-state index in [1.54, 1.807) is 13.4 Å². The van der Waals surface area contributed by atoms with Crippen LogP contribution in [0.5, 0.6) is 0 Å². The van der Waals surface area contributed by atoms with Gasteiger partial charge in [0.15, 0.2) is 0 Å². The Morgan fingerprint density at radius 1 is 1.15 bits per heavy atom. The van der Waals surface area contributed by atoms with Gasteiger partial charge in [-0.25, -0.2) is 14.8 Å². The van der Waals surface area contributed by atoms with Crippen LogP contribution in [0.3, 0.4) is 0 Å². The lowest BCUT2D eigenvalue weighted by Crippen LogP contribution is -2.33. The number of alkyl carbamates (subject to hydrolysis) is 1. The summed E-state index contributed by atoms with van der Waals surface area (Å²) in [5, 5.41) is 6.06. The smallest absolute Gasteiger partial charge is 0.407 e. The third kappa shape index (κ3) is 7.38. The third-order valence-electron chi connectivity index (χ3n) is 3.96. The second kappa shape index (κ2) is 10.1. The maximum atomic E-state index is 11.6. The van der Waals surface area contributed by atoms with Crippen LogP contribution in [0.15, 0.2) is 36.7 Å². The molecule has 1 aliphatic rings. The van der Waals surface area contributed by atoms with Gasteiger partial charge in [-0.1, -0.05) is 24.3 Å². The molecule has 1 aliphatic carbocycles. The van der Waals surface area contributed by atoms with Gasteiger partial charge in [0.1, 0.15) is 17.7 Å². The van der Waals surface area contributed by atoms with E-state index in [0.717, 1.165) is 30.9 Å². The normalized spacial score (nSPS) is 19.0. The summed E-state index contributed by atoms with van der Waals surface area (Å²) in [7, 11) is 1.70. The number of nitrogens with zero attached hydrogens (tertiary/aromatic N) is 2. The summed E-state index contributed by atoms with van der Waals surface area (Å²) in [5.41, 5.74) is 0.452. The van der Waals surface area contributed by atoms with E-state index >= 15 is 0 Å². The second-order valence-electron chi connectivity index (χ2n) is 7.39. The molecule has 1 heterocycles. The minimum absolute atomic E-state index is 0.0170. The first-order valence-corrected chi connectivity index (χ1v) is 9.29. The number of rotatable bonds is 8. The molecule has 2 atom stereocenters. The Balaban J connectivity index is 1.72. The van der Waals surface area contributed by atoms with Crippen molar-refractivity contribution in [2.45, 2.75) is 51.2 Å². The zero-order chi connectivity index (χ0) is 19.7. The summed E-state index contributed by atoms with van der Waals surface area (Å²) >= 11 is 0. The number of carbonyl (C=O) groups excluding carboxylic acids is 1. The van der Waals surface area contributed by atoms with E-state index < -0.39 is 5.60 Å². The molecule has 0 saturated carbocycles. The number of nitrogens with one attached hydrogen (secondary N) is 2. The molecule has 27 heavy (non-hydrogen) atoms. The number of anilines is 1. The van der Waals surface area contributed by atoms with E-state index in [9.17, 15) is 4.79 Å². The molecule has 0 aliphatic heterocycles. The van der Waals surface area contributed by atoms with Gasteiger partial charge in [0.2, 0.25) is 0 Å². The molecule has 2 unspecified atom stereocenters. The van der Waals surface area contributed by atoms with Crippen LogP contribution in [0.1, 0.15) is 45.2 Å². The van der Waals surface area contributed by atoms with Gasteiger partial charge < -0.3 is 20.1 Å². The van der Waals surface area contributed by atoms with Crippen molar-refractivity contribution in [1.82, 2.24) is 15.3 Å². The number of hydrogen-bond acceptors (Lipinski definition) is 6. The van der Waals surface area contributed by atoms with E-state index in [1.165, 1.54) is 0 Å². The van der Waals surface area contributed by atoms with Gasteiger partial charge in [-0.3, -0.25) is 0 Å². The van der Waals surface area contributed by atoms with Gasteiger partial charge in [0.25, 0.3) is 0 Å². The van der Waals surface area contributed by atoms with Crippen molar-refractivity contribution < 1.29 is 14.3 Å². The van der Waals surface area contributed by atoms with Crippen molar-refractivity contribution in [1.29, 1.82) is 0 Å². The minimum Gasteiger partial charge on any atom is -0.444 e. The molecule has 2 rings (SSSR count). The topological polar surface area (TPSA) is 85.4 Å². The number of unbranched alkanes of at least 4 members (excludes halogenated alkanes) is 1. The van der Waals surface area contributed by atoms with Gasteiger partial charge in [0, 0.05) is 32.2 Å². The largest absolute Gasteiger partial charge is 0.444 e. The number of carbonyl (C=O) groups is 1. The van der Waals surface area contributed by atoms with Crippen molar-refractivity contribution >= 4 is 11.9 Å². The standard InChI is InChI=1S/C20H30N4O3/c1-20(2,3)27-19(25)22-12-8-7-11-21-18-13-16(23-14-24-18)15-9-5-6-10-17(15)26-4/h5-6,9-10,13-15,17H,7-8,11-12H2,1-4H3,(H,22,25)(H,21,23,24). The molecular weight excluding hydrogens is 344 g/mol. The summed E-state index contributed by atoms with van der Waals surface area (Å²) in [4.78, 5) is 20.2. The van der Waals surface area contributed by atoms with Crippen LogP contribution in [0.25, 0.3) is 0 Å². The molecule has 1 amide bonds.